The molecule has 2 rings (SSSR count). The molecule has 1 amide bonds. The van der Waals surface area contributed by atoms with Crippen LogP contribution in [0.2, 0.25) is 0 Å². The van der Waals surface area contributed by atoms with Crippen molar-refractivity contribution in [2.45, 2.75) is 31.3 Å². The summed E-state index contributed by atoms with van der Waals surface area (Å²) in [7, 11) is 0. The van der Waals surface area contributed by atoms with E-state index in [2.05, 4.69) is 25.9 Å². The van der Waals surface area contributed by atoms with E-state index in [1.807, 2.05) is 0 Å². The van der Waals surface area contributed by atoms with Crippen molar-refractivity contribution in [2.24, 2.45) is 0 Å². The third-order valence-corrected chi connectivity index (χ3v) is 2.66. The molecular weight excluding hydrogens is 198 g/mol. The number of nitrogens with one attached hydrogen (secondary N) is 2. The summed E-state index contributed by atoms with van der Waals surface area (Å²) in [5, 5.41) is 25.1. The van der Waals surface area contributed by atoms with Crippen molar-refractivity contribution >= 4 is 5.91 Å². The minimum absolute atomic E-state index is 0.00315. The average Bonchev–Trinajstić information content (AvgIpc) is 2.85. The smallest absolute Gasteiger partial charge is 0.292 e. The molecule has 1 aliphatic rings. The van der Waals surface area contributed by atoms with E-state index >= 15 is 0 Å². The van der Waals surface area contributed by atoms with Gasteiger partial charge in [0.1, 0.15) is 0 Å². The maximum Gasteiger partial charge on any atom is 0.292 e. The fourth-order valence-electron chi connectivity index (χ4n) is 1.79. The van der Waals surface area contributed by atoms with Crippen molar-refractivity contribution in [3.05, 3.63) is 5.82 Å². The van der Waals surface area contributed by atoms with Crippen LogP contribution in [0.4, 0.5) is 0 Å². The zero-order chi connectivity index (χ0) is 10.7. The summed E-state index contributed by atoms with van der Waals surface area (Å²) in [5.74, 6) is -0.416. The van der Waals surface area contributed by atoms with Gasteiger partial charge in [0.2, 0.25) is 0 Å². The lowest BCUT2D eigenvalue weighted by Crippen LogP contribution is -2.41. The number of rotatable bonds is 3. The summed E-state index contributed by atoms with van der Waals surface area (Å²) < 4.78 is 0. The van der Waals surface area contributed by atoms with Crippen molar-refractivity contribution in [3.63, 3.8) is 0 Å². The number of carbonyl (C=O) groups is 1. The molecule has 82 valence electrons. The average molecular weight is 211 g/mol. The predicted octanol–water partition coefficient (Wildman–Crippen LogP) is -0.765. The van der Waals surface area contributed by atoms with Crippen LogP contribution < -0.4 is 5.32 Å². The van der Waals surface area contributed by atoms with Gasteiger partial charge < -0.3 is 10.4 Å². The quantitative estimate of drug-likeness (QED) is 0.609. The molecule has 1 saturated carbocycles. The first-order chi connectivity index (χ1) is 7.20. The van der Waals surface area contributed by atoms with E-state index in [1.165, 1.54) is 0 Å². The SMILES string of the molecule is O=C(NCC1(O)CCCC1)c1nn[nH]n1. The maximum atomic E-state index is 11.4. The van der Waals surface area contributed by atoms with E-state index in [1.54, 1.807) is 0 Å². The third-order valence-electron chi connectivity index (χ3n) is 2.66. The van der Waals surface area contributed by atoms with E-state index < -0.39 is 11.5 Å². The van der Waals surface area contributed by atoms with Crippen molar-refractivity contribution in [1.82, 2.24) is 25.9 Å². The number of carbonyl (C=O) groups excluding carboxylic acids is 1. The van der Waals surface area contributed by atoms with Gasteiger partial charge in [0.25, 0.3) is 11.7 Å². The highest BCUT2D eigenvalue weighted by Gasteiger charge is 2.31. The highest BCUT2D eigenvalue weighted by atomic mass is 16.3. The lowest BCUT2D eigenvalue weighted by atomic mass is 10.0. The first-order valence-corrected chi connectivity index (χ1v) is 4.94. The van der Waals surface area contributed by atoms with Crippen molar-refractivity contribution in [1.29, 1.82) is 0 Å². The Bertz CT molecular complexity index is 331. The lowest BCUT2D eigenvalue weighted by Gasteiger charge is -2.21. The van der Waals surface area contributed by atoms with E-state index in [0.29, 0.717) is 0 Å². The van der Waals surface area contributed by atoms with Crippen LogP contribution >= 0.6 is 0 Å². The van der Waals surface area contributed by atoms with Crippen LogP contribution in [0.15, 0.2) is 0 Å². The Morgan fingerprint density at radius 1 is 1.53 bits per heavy atom. The Morgan fingerprint density at radius 3 is 2.87 bits per heavy atom. The van der Waals surface area contributed by atoms with Crippen LogP contribution in [-0.4, -0.2) is 43.8 Å². The molecule has 1 heterocycles. The fourth-order valence-corrected chi connectivity index (χ4v) is 1.79. The Morgan fingerprint density at radius 2 is 2.27 bits per heavy atom. The number of aromatic nitrogens is 4. The number of H-pyrrole nitrogens is 1. The van der Waals surface area contributed by atoms with E-state index in [9.17, 15) is 9.90 Å². The van der Waals surface area contributed by atoms with E-state index in [4.69, 9.17) is 0 Å². The predicted molar refractivity (Wildman–Crippen MR) is 49.9 cm³/mol. The monoisotopic (exact) mass is 211 g/mol. The minimum Gasteiger partial charge on any atom is -0.388 e. The molecule has 1 aromatic rings. The summed E-state index contributed by atoms with van der Waals surface area (Å²) in [6, 6.07) is 0. The Labute approximate surface area is 86.3 Å². The topological polar surface area (TPSA) is 104 Å². The second-order valence-corrected chi connectivity index (χ2v) is 3.85. The molecular formula is C8H13N5O2. The number of tetrazole rings is 1. The first kappa shape index (κ1) is 10.0. The van der Waals surface area contributed by atoms with Crippen LogP contribution in [0, 0.1) is 0 Å². The summed E-state index contributed by atoms with van der Waals surface area (Å²) in [5.41, 5.74) is -0.751. The van der Waals surface area contributed by atoms with Crippen molar-refractivity contribution < 1.29 is 9.90 Å². The summed E-state index contributed by atoms with van der Waals surface area (Å²) in [6.45, 7) is 0.250. The third kappa shape index (κ3) is 2.30. The van der Waals surface area contributed by atoms with Gasteiger partial charge in [-0.3, -0.25) is 4.79 Å². The van der Waals surface area contributed by atoms with Gasteiger partial charge in [0.15, 0.2) is 0 Å². The molecule has 0 bridgehead atoms. The summed E-state index contributed by atoms with van der Waals surface area (Å²) in [4.78, 5) is 11.4. The first-order valence-electron chi connectivity index (χ1n) is 4.94. The molecule has 1 aromatic heterocycles. The van der Waals surface area contributed by atoms with Gasteiger partial charge in [0, 0.05) is 6.54 Å². The number of aromatic amines is 1. The van der Waals surface area contributed by atoms with E-state index in [-0.39, 0.29) is 12.4 Å². The standard InChI is InChI=1S/C8H13N5O2/c14-7(6-10-12-13-11-6)9-5-8(15)3-1-2-4-8/h15H,1-5H2,(H,9,14)(H,10,11,12,13). The largest absolute Gasteiger partial charge is 0.388 e. The van der Waals surface area contributed by atoms with Gasteiger partial charge in [-0.1, -0.05) is 12.8 Å². The molecule has 0 aromatic carbocycles. The second-order valence-electron chi connectivity index (χ2n) is 3.85. The van der Waals surface area contributed by atoms with Gasteiger partial charge in [-0.25, -0.2) is 0 Å². The molecule has 0 radical (unpaired) electrons. The maximum absolute atomic E-state index is 11.4. The van der Waals surface area contributed by atoms with Crippen LogP contribution in [0.5, 0.6) is 0 Å². The number of aliphatic hydroxyl groups is 1. The second kappa shape index (κ2) is 3.93. The number of hydrogen-bond donors (Lipinski definition) is 3. The van der Waals surface area contributed by atoms with E-state index in [0.717, 1.165) is 25.7 Å². The highest BCUT2D eigenvalue weighted by Crippen LogP contribution is 2.28. The van der Waals surface area contributed by atoms with Gasteiger partial charge in [0.05, 0.1) is 5.60 Å². The van der Waals surface area contributed by atoms with Gasteiger partial charge in [-0.15, -0.1) is 10.2 Å². The van der Waals surface area contributed by atoms with Crippen LogP contribution in [0.3, 0.4) is 0 Å². The van der Waals surface area contributed by atoms with Gasteiger partial charge in [-0.05, 0) is 18.1 Å². The molecule has 0 spiro atoms. The molecule has 0 aliphatic heterocycles. The zero-order valence-electron chi connectivity index (χ0n) is 8.23. The zero-order valence-corrected chi connectivity index (χ0v) is 8.23. The molecule has 0 saturated heterocycles. The lowest BCUT2D eigenvalue weighted by molar-refractivity contribution is 0.0447. The molecule has 7 nitrogen and oxygen atoms in total. The van der Waals surface area contributed by atoms with Crippen molar-refractivity contribution in [3.8, 4) is 0 Å². The molecule has 3 N–H and O–H groups in total. The Balaban J connectivity index is 1.85. The molecule has 0 unspecified atom stereocenters. The summed E-state index contributed by atoms with van der Waals surface area (Å²) >= 11 is 0. The van der Waals surface area contributed by atoms with Gasteiger partial charge >= 0.3 is 0 Å². The number of nitrogens with zero attached hydrogens (tertiary/aromatic N) is 3. The number of amides is 1. The van der Waals surface area contributed by atoms with Crippen LogP contribution in [0.1, 0.15) is 36.3 Å². The highest BCUT2D eigenvalue weighted by molar-refractivity contribution is 5.90. The molecule has 1 aliphatic carbocycles. The van der Waals surface area contributed by atoms with Crippen molar-refractivity contribution in [2.75, 3.05) is 6.54 Å². The Kier molecular flexibility index (Phi) is 2.63. The molecule has 1 fully saturated rings. The normalized spacial score (nSPS) is 19.0. The molecule has 15 heavy (non-hydrogen) atoms. The molecule has 7 heteroatoms. The molecule has 0 atom stereocenters. The Hall–Kier alpha value is -1.50. The summed E-state index contributed by atoms with van der Waals surface area (Å²) in [6.07, 6.45) is 3.49. The minimum atomic E-state index is -0.751. The number of hydrogen-bond acceptors (Lipinski definition) is 5. The van der Waals surface area contributed by atoms with Crippen LogP contribution in [0.25, 0.3) is 0 Å². The fraction of sp³-hybridized carbons (Fsp3) is 0.750. The van der Waals surface area contributed by atoms with Crippen LogP contribution in [-0.2, 0) is 0 Å². The van der Waals surface area contributed by atoms with Gasteiger partial charge in [-0.2, -0.15) is 5.21 Å².